The van der Waals surface area contributed by atoms with Crippen molar-refractivity contribution in [2.24, 2.45) is 5.73 Å². The van der Waals surface area contributed by atoms with Crippen LogP contribution in [0.3, 0.4) is 0 Å². The molecule has 6 heteroatoms. The Morgan fingerprint density at radius 2 is 2.08 bits per heavy atom. The van der Waals surface area contributed by atoms with E-state index in [1.54, 1.807) is 0 Å². The fourth-order valence-electron chi connectivity index (χ4n) is 0.496. The molecule has 0 aliphatic heterocycles. The van der Waals surface area contributed by atoms with E-state index in [9.17, 15) is 8.42 Å². The van der Waals surface area contributed by atoms with Gasteiger partial charge < -0.3 is 10.8 Å². The highest BCUT2D eigenvalue weighted by atomic mass is 32.2. The Morgan fingerprint density at radius 1 is 1.58 bits per heavy atom. The molecule has 0 aromatic carbocycles. The summed E-state index contributed by atoms with van der Waals surface area (Å²) >= 11 is 0. The maximum Gasteiger partial charge on any atom is 0.211 e. The predicted octanol–water partition coefficient (Wildman–Crippen LogP) is -1.37. The van der Waals surface area contributed by atoms with Gasteiger partial charge in [-0.3, -0.25) is 0 Å². The maximum atomic E-state index is 10.9. The Kier molecular flexibility index (Phi) is 4.69. The second-order valence-corrected chi connectivity index (χ2v) is 4.75. The van der Waals surface area contributed by atoms with Gasteiger partial charge in [0.05, 0.1) is 11.9 Å². The zero-order valence-corrected chi connectivity index (χ0v) is 8.13. The Hall–Kier alpha value is -0.170. The van der Waals surface area contributed by atoms with E-state index in [0.717, 1.165) is 0 Å². The zero-order chi connectivity index (χ0) is 9.78. The molecule has 4 N–H and O–H groups in total. The topological polar surface area (TPSA) is 92.4 Å². The van der Waals surface area contributed by atoms with Crippen LogP contribution < -0.4 is 10.5 Å². The minimum atomic E-state index is -3.19. The van der Waals surface area contributed by atoms with Crippen LogP contribution in [0.1, 0.15) is 13.8 Å². The molecule has 12 heavy (non-hydrogen) atoms. The van der Waals surface area contributed by atoms with E-state index in [4.69, 9.17) is 10.8 Å². The van der Waals surface area contributed by atoms with Gasteiger partial charge in [0.15, 0.2) is 0 Å². The molecular weight excluding hydrogens is 180 g/mol. The molecule has 0 saturated heterocycles. The third-order valence-corrected chi connectivity index (χ3v) is 2.91. The van der Waals surface area contributed by atoms with Crippen LogP contribution in [-0.4, -0.2) is 38.0 Å². The Bertz CT molecular complexity index is 213. The standard InChI is InChI=1S/C6H16N2O3S/c1-3-12(10,11)8-4-6(7)5(2)9/h5-6,8-9H,3-4,7H2,1-2H3. The van der Waals surface area contributed by atoms with Crippen molar-refractivity contribution in [3.8, 4) is 0 Å². The highest BCUT2D eigenvalue weighted by molar-refractivity contribution is 7.89. The van der Waals surface area contributed by atoms with Crippen molar-refractivity contribution in [3.63, 3.8) is 0 Å². The lowest BCUT2D eigenvalue weighted by Gasteiger charge is -2.14. The third-order valence-electron chi connectivity index (χ3n) is 1.54. The van der Waals surface area contributed by atoms with Crippen LogP contribution in [0.4, 0.5) is 0 Å². The minimum Gasteiger partial charge on any atom is -0.392 e. The molecule has 0 rings (SSSR count). The molecule has 0 aromatic heterocycles. The quantitative estimate of drug-likeness (QED) is 0.506. The number of nitrogens with one attached hydrogen (secondary N) is 1. The van der Waals surface area contributed by atoms with Gasteiger partial charge in [0.2, 0.25) is 10.0 Å². The third kappa shape index (κ3) is 4.66. The van der Waals surface area contributed by atoms with Crippen LogP contribution in [0.5, 0.6) is 0 Å². The lowest BCUT2D eigenvalue weighted by Crippen LogP contribution is -2.43. The Morgan fingerprint density at radius 3 is 2.42 bits per heavy atom. The molecular formula is C6H16N2O3S. The Balaban J connectivity index is 3.84. The largest absolute Gasteiger partial charge is 0.392 e. The number of aliphatic hydroxyl groups is 1. The molecule has 74 valence electrons. The highest BCUT2D eigenvalue weighted by Gasteiger charge is 2.12. The molecule has 0 fully saturated rings. The average molecular weight is 196 g/mol. The first-order chi connectivity index (χ1) is 5.39. The van der Waals surface area contributed by atoms with E-state index in [2.05, 4.69) is 4.72 Å². The van der Waals surface area contributed by atoms with Crippen molar-refractivity contribution in [2.75, 3.05) is 12.3 Å². The lowest BCUT2D eigenvalue weighted by molar-refractivity contribution is 0.164. The number of rotatable bonds is 5. The first-order valence-corrected chi connectivity index (χ1v) is 5.45. The minimum absolute atomic E-state index is 0.0273. The van der Waals surface area contributed by atoms with Gasteiger partial charge in [-0.1, -0.05) is 0 Å². The van der Waals surface area contributed by atoms with E-state index < -0.39 is 22.2 Å². The molecule has 0 aliphatic carbocycles. The summed E-state index contributed by atoms with van der Waals surface area (Å²) in [5.41, 5.74) is 5.40. The summed E-state index contributed by atoms with van der Waals surface area (Å²) in [5.74, 6) is 0.0273. The van der Waals surface area contributed by atoms with Crippen molar-refractivity contribution in [2.45, 2.75) is 26.0 Å². The molecule has 0 bridgehead atoms. The summed E-state index contributed by atoms with van der Waals surface area (Å²) in [6, 6.07) is -0.550. The van der Waals surface area contributed by atoms with Gasteiger partial charge in [0.25, 0.3) is 0 Å². The van der Waals surface area contributed by atoms with Gasteiger partial charge in [-0.15, -0.1) is 0 Å². The van der Waals surface area contributed by atoms with Gasteiger partial charge in [-0.2, -0.15) is 0 Å². The Labute approximate surface area is 73.0 Å². The second-order valence-electron chi connectivity index (χ2n) is 2.66. The van der Waals surface area contributed by atoms with E-state index in [1.165, 1.54) is 13.8 Å². The SMILES string of the molecule is CCS(=O)(=O)NCC(N)C(C)O. The van der Waals surface area contributed by atoms with E-state index in [-0.39, 0.29) is 12.3 Å². The molecule has 5 nitrogen and oxygen atoms in total. The molecule has 0 spiro atoms. The lowest BCUT2D eigenvalue weighted by atomic mass is 10.2. The van der Waals surface area contributed by atoms with Gasteiger partial charge >= 0.3 is 0 Å². The van der Waals surface area contributed by atoms with Crippen LogP contribution in [0, 0.1) is 0 Å². The smallest absolute Gasteiger partial charge is 0.211 e. The first-order valence-electron chi connectivity index (χ1n) is 3.80. The normalized spacial score (nSPS) is 17.3. The van der Waals surface area contributed by atoms with Crippen molar-refractivity contribution in [1.29, 1.82) is 0 Å². The molecule has 0 saturated carbocycles. The number of hydrogen-bond donors (Lipinski definition) is 3. The van der Waals surface area contributed by atoms with Crippen LogP contribution in [0.2, 0.25) is 0 Å². The van der Waals surface area contributed by atoms with Crippen molar-refractivity contribution < 1.29 is 13.5 Å². The highest BCUT2D eigenvalue weighted by Crippen LogP contribution is 1.88. The summed E-state index contributed by atoms with van der Waals surface area (Å²) in [6.45, 7) is 3.13. The van der Waals surface area contributed by atoms with E-state index >= 15 is 0 Å². The van der Waals surface area contributed by atoms with Crippen LogP contribution in [0.25, 0.3) is 0 Å². The maximum absolute atomic E-state index is 10.9. The molecule has 0 aliphatic rings. The number of hydrogen-bond acceptors (Lipinski definition) is 4. The van der Waals surface area contributed by atoms with Gasteiger partial charge in [-0.25, -0.2) is 13.1 Å². The summed E-state index contributed by atoms with van der Waals surface area (Å²) in [7, 11) is -3.19. The number of aliphatic hydroxyl groups excluding tert-OH is 1. The summed E-state index contributed by atoms with van der Waals surface area (Å²) in [5, 5.41) is 8.93. The van der Waals surface area contributed by atoms with E-state index in [0.29, 0.717) is 0 Å². The zero-order valence-electron chi connectivity index (χ0n) is 7.32. The van der Waals surface area contributed by atoms with Crippen LogP contribution >= 0.6 is 0 Å². The number of nitrogens with two attached hydrogens (primary N) is 1. The molecule has 0 aromatic rings. The molecule has 0 radical (unpaired) electrons. The molecule has 0 amide bonds. The number of sulfonamides is 1. The monoisotopic (exact) mass is 196 g/mol. The van der Waals surface area contributed by atoms with Gasteiger partial charge in [0, 0.05) is 12.6 Å². The molecule has 2 atom stereocenters. The van der Waals surface area contributed by atoms with Crippen molar-refractivity contribution in [1.82, 2.24) is 4.72 Å². The van der Waals surface area contributed by atoms with Crippen molar-refractivity contribution in [3.05, 3.63) is 0 Å². The van der Waals surface area contributed by atoms with E-state index in [1.807, 2.05) is 0 Å². The summed E-state index contributed by atoms with van der Waals surface area (Å²) in [4.78, 5) is 0. The first kappa shape index (κ1) is 11.8. The predicted molar refractivity (Wildman–Crippen MR) is 47.1 cm³/mol. The van der Waals surface area contributed by atoms with Gasteiger partial charge in [-0.05, 0) is 13.8 Å². The fourth-order valence-corrected chi connectivity index (χ4v) is 1.15. The second kappa shape index (κ2) is 4.76. The van der Waals surface area contributed by atoms with Crippen LogP contribution in [0.15, 0.2) is 0 Å². The fraction of sp³-hybridized carbons (Fsp3) is 1.00. The van der Waals surface area contributed by atoms with Gasteiger partial charge in [0.1, 0.15) is 0 Å². The molecule has 2 unspecified atom stereocenters. The molecule has 0 heterocycles. The van der Waals surface area contributed by atoms with Crippen LogP contribution in [-0.2, 0) is 10.0 Å². The van der Waals surface area contributed by atoms with Crippen molar-refractivity contribution >= 4 is 10.0 Å². The average Bonchev–Trinajstić information content (AvgIpc) is 2.00. The summed E-state index contributed by atoms with van der Waals surface area (Å²) < 4.78 is 24.0. The summed E-state index contributed by atoms with van der Waals surface area (Å²) in [6.07, 6.45) is -0.704.